The highest BCUT2D eigenvalue weighted by Gasteiger charge is 2.39. The van der Waals surface area contributed by atoms with Crippen LogP contribution in [0, 0.1) is 13.8 Å². The van der Waals surface area contributed by atoms with Gasteiger partial charge in [0.05, 0.1) is 11.0 Å². The Morgan fingerprint density at radius 1 is 0.614 bits per heavy atom. The monoisotopic (exact) mass is 569 g/mol. The molecule has 0 atom stereocenters. The van der Waals surface area contributed by atoms with Gasteiger partial charge in [0.1, 0.15) is 22.7 Å². The van der Waals surface area contributed by atoms with E-state index in [4.69, 9.17) is 9.15 Å². The van der Waals surface area contributed by atoms with Crippen LogP contribution in [0.5, 0.6) is 11.5 Å². The summed E-state index contributed by atoms with van der Waals surface area (Å²) in [5.41, 5.74) is 12.3. The van der Waals surface area contributed by atoms with Gasteiger partial charge in [0.2, 0.25) is 0 Å². The SMILES string of the molecule is Cc1ccccc1-c1c(C)ccc2c1Oc1ccc3c(c1C2(C)C)c1ccccc1n3-c1ccc2oc3ccccc3c2c1. The van der Waals surface area contributed by atoms with Gasteiger partial charge in [-0.25, -0.2) is 0 Å². The Kier molecular flexibility index (Phi) is 5.09. The molecule has 2 aromatic heterocycles. The van der Waals surface area contributed by atoms with E-state index in [1.165, 1.54) is 55.2 Å². The van der Waals surface area contributed by atoms with Crippen molar-refractivity contribution in [2.75, 3.05) is 0 Å². The third kappa shape index (κ3) is 3.32. The summed E-state index contributed by atoms with van der Waals surface area (Å²) in [7, 11) is 0. The second kappa shape index (κ2) is 8.87. The van der Waals surface area contributed by atoms with Crippen molar-refractivity contribution in [2.45, 2.75) is 33.1 Å². The molecule has 0 unspecified atom stereocenters. The number of furan rings is 1. The zero-order valence-electron chi connectivity index (χ0n) is 25.2. The molecule has 6 aromatic carbocycles. The molecule has 0 N–H and O–H groups in total. The van der Waals surface area contributed by atoms with E-state index in [1.807, 2.05) is 12.1 Å². The number of para-hydroxylation sites is 2. The Labute approximate surface area is 255 Å². The second-order valence-electron chi connectivity index (χ2n) is 12.6. The maximum atomic E-state index is 6.98. The van der Waals surface area contributed by atoms with Gasteiger partial charge in [0.15, 0.2) is 0 Å². The average Bonchev–Trinajstić information content (AvgIpc) is 3.56. The standard InChI is InChI=1S/C41H31NO2/c1-24-11-5-6-12-27(24)37-25(2)17-19-31-40(37)44-36-22-20-33-38(39(36)41(31,3)4)29-14-7-9-15-32(29)42(33)26-18-21-35-30(23-26)28-13-8-10-16-34(28)43-35/h5-23H,1-4H3. The Morgan fingerprint density at radius 3 is 2.23 bits per heavy atom. The molecular weight excluding hydrogens is 538 g/mol. The van der Waals surface area contributed by atoms with Crippen LogP contribution in [-0.2, 0) is 5.41 Å². The van der Waals surface area contributed by atoms with Crippen LogP contribution < -0.4 is 4.74 Å². The van der Waals surface area contributed by atoms with Gasteiger partial charge in [-0.3, -0.25) is 0 Å². The molecule has 3 nitrogen and oxygen atoms in total. The number of aryl methyl sites for hydroxylation is 2. The third-order valence-corrected chi connectivity index (χ3v) is 9.71. The Bertz CT molecular complexity index is 2470. The summed E-state index contributed by atoms with van der Waals surface area (Å²) in [6.07, 6.45) is 0. The van der Waals surface area contributed by atoms with Crippen molar-refractivity contribution in [1.82, 2.24) is 4.57 Å². The number of rotatable bonds is 2. The first-order valence-electron chi connectivity index (χ1n) is 15.3. The van der Waals surface area contributed by atoms with Crippen molar-refractivity contribution in [3.05, 3.63) is 138 Å². The molecule has 44 heavy (non-hydrogen) atoms. The van der Waals surface area contributed by atoms with Crippen molar-refractivity contribution in [3.8, 4) is 28.3 Å². The molecule has 1 aliphatic heterocycles. The van der Waals surface area contributed by atoms with Crippen LogP contribution in [-0.4, -0.2) is 4.57 Å². The normalized spacial score (nSPS) is 13.8. The van der Waals surface area contributed by atoms with E-state index in [0.29, 0.717) is 0 Å². The van der Waals surface area contributed by atoms with Gasteiger partial charge in [-0.15, -0.1) is 0 Å². The van der Waals surface area contributed by atoms with Crippen LogP contribution in [0.1, 0.15) is 36.1 Å². The Balaban J connectivity index is 1.33. The van der Waals surface area contributed by atoms with Gasteiger partial charge in [0.25, 0.3) is 0 Å². The molecule has 0 saturated carbocycles. The number of nitrogens with zero attached hydrogens (tertiary/aromatic N) is 1. The molecule has 0 bridgehead atoms. The molecule has 8 aromatic rings. The van der Waals surface area contributed by atoms with Crippen LogP contribution in [0.2, 0.25) is 0 Å². The summed E-state index contributed by atoms with van der Waals surface area (Å²) in [5, 5.41) is 4.72. The molecule has 0 radical (unpaired) electrons. The fraction of sp³-hybridized carbons (Fsp3) is 0.122. The summed E-state index contributed by atoms with van der Waals surface area (Å²) in [5.74, 6) is 1.90. The van der Waals surface area contributed by atoms with Crippen molar-refractivity contribution in [2.24, 2.45) is 0 Å². The zero-order valence-corrected chi connectivity index (χ0v) is 25.2. The molecule has 0 spiro atoms. The van der Waals surface area contributed by atoms with Crippen molar-refractivity contribution >= 4 is 43.7 Å². The fourth-order valence-electron chi connectivity index (χ4n) is 7.59. The summed E-state index contributed by atoms with van der Waals surface area (Å²) in [4.78, 5) is 0. The fourth-order valence-corrected chi connectivity index (χ4v) is 7.59. The van der Waals surface area contributed by atoms with Crippen molar-refractivity contribution in [1.29, 1.82) is 0 Å². The molecule has 0 fully saturated rings. The molecule has 0 amide bonds. The van der Waals surface area contributed by atoms with Gasteiger partial charge in [-0.2, -0.15) is 0 Å². The topological polar surface area (TPSA) is 27.3 Å². The average molecular weight is 570 g/mol. The quantitative estimate of drug-likeness (QED) is 0.207. The first-order valence-corrected chi connectivity index (χ1v) is 15.3. The van der Waals surface area contributed by atoms with Crippen molar-refractivity contribution < 1.29 is 9.15 Å². The van der Waals surface area contributed by atoms with Crippen LogP contribution in [0.25, 0.3) is 60.6 Å². The van der Waals surface area contributed by atoms with Crippen LogP contribution >= 0.6 is 0 Å². The number of fused-ring (bicyclic) bond motifs is 9. The molecular formula is C41H31NO2. The summed E-state index contributed by atoms with van der Waals surface area (Å²) >= 11 is 0. The summed E-state index contributed by atoms with van der Waals surface area (Å²) in [6.45, 7) is 9.06. The van der Waals surface area contributed by atoms with E-state index in [-0.39, 0.29) is 5.41 Å². The molecule has 0 saturated heterocycles. The van der Waals surface area contributed by atoms with Gasteiger partial charge in [-0.05, 0) is 73.0 Å². The third-order valence-electron chi connectivity index (χ3n) is 9.71. The molecule has 0 aliphatic carbocycles. The minimum atomic E-state index is -0.298. The first kappa shape index (κ1) is 25.2. The van der Waals surface area contributed by atoms with Crippen LogP contribution in [0.15, 0.2) is 120 Å². The Hall–Kier alpha value is -5.28. The predicted octanol–water partition coefficient (Wildman–Crippen LogP) is 11.4. The predicted molar refractivity (Wildman–Crippen MR) is 182 cm³/mol. The maximum Gasteiger partial charge on any atom is 0.139 e. The van der Waals surface area contributed by atoms with E-state index in [2.05, 4.69) is 135 Å². The van der Waals surface area contributed by atoms with E-state index in [1.54, 1.807) is 0 Å². The molecule has 9 rings (SSSR count). The first-order chi connectivity index (χ1) is 21.4. The van der Waals surface area contributed by atoms with Crippen molar-refractivity contribution in [3.63, 3.8) is 0 Å². The van der Waals surface area contributed by atoms with E-state index >= 15 is 0 Å². The molecule has 3 heteroatoms. The number of aromatic nitrogens is 1. The van der Waals surface area contributed by atoms with Gasteiger partial charge >= 0.3 is 0 Å². The highest BCUT2D eigenvalue weighted by Crippen LogP contribution is 2.55. The van der Waals surface area contributed by atoms with E-state index < -0.39 is 0 Å². The number of ether oxygens (including phenoxy) is 1. The highest BCUT2D eigenvalue weighted by molar-refractivity contribution is 6.13. The number of hydrogen-bond donors (Lipinski definition) is 0. The lowest BCUT2D eigenvalue weighted by Crippen LogP contribution is -2.25. The number of hydrogen-bond acceptors (Lipinski definition) is 2. The molecule has 212 valence electrons. The highest BCUT2D eigenvalue weighted by atomic mass is 16.5. The van der Waals surface area contributed by atoms with Gasteiger partial charge in [0, 0.05) is 49.3 Å². The minimum absolute atomic E-state index is 0.298. The maximum absolute atomic E-state index is 6.98. The largest absolute Gasteiger partial charge is 0.456 e. The van der Waals surface area contributed by atoms with Crippen LogP contribution in [0.3, 0.4) is 0 Å². The second-order valence-corrected chi connectivity index (χ2v) is 12.6. The minimum Gasteiger partial charge on any atom is -0.456 e. The lowest BCUT2D eigenvalue weighted by atomic mass is 9.72. The lowest BCUT2D eigenvalue weighted by Gasteiger charge is -2.37. The lowest BCUT2D eigenvalue weighted by molar-refractivity contribution is 0.422. The summed E-state index contributed by atoms with van der Waals surface area (Å²) < 4.78 is 15.5. The smallest absolute Gasteiger partial charge is 0.139 e. The van der Waals surface area contributed by atoms with Crippen LogP contribution in [0.4, 0.5) is 0 Å². The zero-order chi connectivity index (χ0) is 29.7. The Morgan fingerprint density at radius 2 is 1.36 bits per heavy atom. The van der Waals surface area contributed by atoms with Gasteiger partial charge < -0.3 is 13.7 Å². The van der Waals surface area contributed by atoms with E-state index in [0.717, 1.165) is 39.1 Å². The molecule has 1 aliphatic rings. The summed E-state index contributed by atoms with van der Waals surface area (Å²) in [6, 6.07) is 41.1. The van der Waals surface area contributed by atoms with Gasteiger partial charge in [-0.1, -0.05) is 86.6 Å². The van der Waals surface area contributed by atoms with E-state index in [9.17, 15) is 0 Å². The molecule has 3 heterocycles. The number of benzene rings is 6.